The third-order valence-corrected chi connectivity index (χ3v) is 2.89. The number of aryl methyl sites for hydroxylation is 1. The molecule has 2 rings (SSSR count). The summed E-state index contributed by atoms with van der Waals surface area (Å²) in [6.07, 6.45) is 0. The highest BCUT2D eigenvalue weighted by molar-refractivity contribution is 5.31. The van der Waals surface area contributed by atoms with E-state index in [0.29, 0.717) is 6.61 Å². The van der Waals surface area contributed by atoms with Gasteiger partial charge in [-0.3, -0.25) is 4.90 Å². The third kappa shape index (κ3) is 2.74. The molecule has 0 amide bonds. The summed E-state index contributed by atoms with van der Waals surface area (Å²) in [6, 6.07) is 8.02. The summed E-state index contributed by atoms with van der Waals surface area (Å²) in [5, 5.41) is 9.56. The van der Waals surface area contributed by atoms with Crippen LogP contribution >= 0.6 is 0 Å². The van der Waals surface area contributed by atoms with Crippen LogP contribution in [0.5, 0.6) is 5.75 Å². The summed E-state index contributed by atoms with van der Waals surface area (Å²) < 4.78 is 5.69. The van der Waals surface area contributed by atoms with Crippen LogP contribution in [0, 0.1) is 6.92 Å². The van der Waals surface area contributed by atoms with Gasteiger partial charge in [-0.25, -0.2) is 0 Å². The van der Waals surface area contributed by atoms with Gasteiger partial charge in [0.2, 0.25) is 0 Å². The Labute approximate surface area is 96.6 Å². The molecule has 0 atom stereocenters. The summed E-state index contributed by atoms with van der Waals surface area (Å²) in [5.41, 5.74) is 0.681. The van der Waals surface area contributed by atoms with E-state index in [1.165, 1.54) is 0 Å². The van der Waals surface area contributed by atoms with Gasteiger partial charge in [0, 0.05) is 19.6 Å². The van der Waals surface area contributed by atoms with Crippen LogP contribution < -0.4 is 4.74 Å². The van der Waals surface area contributed by atoms with E-state index in [4.69, 9.17) is 4.74 Å². The van der Waals surface area contributed by atoms with E-state index in [2.05, 4.69) is 4.90 Å². The topological polar surface area (TPSA) is 32.7 Å². The van der Waals surface area contributed by atoms with E-state index in [1.807, 2.05) is 38.1 Å². The first kappa shape index (κ1) is 11.4. The molecule has 3 nitrogen and oxygen atoms in total. The minimum atomic E-state index is -0.483. The van der Waals surface area contributed by atoms with Gasteiger partial charge in [-0.05, 0) is 25.5 Å². The predicted octanol–water partition coefficient (Wildman–Crippen LogP) is 1.44. The summed E-state index contributed by atoms with van der Waals surface area (Å²) in [6.45, 7) is 6.98. The Bertz CT molecular complexity index is 355. The van der Waals surface area contributed by atoms with E-state index in [9.17, 15) is 5.11 Å². The van der Waals surface area contributed by atoms with Crippen molar-refractivity contribution in [2.24, 2.45) is 0 Å². The predicted molar refractivity (Wildman–Crippen MR) is 63.7 cm³/mol. The first-order valence-electron chi connectivity index (χ1n) is 5.70. The van der Waals surface area contributed by atoms with E-state index < -0.39 is 5.60 Å². The first-order valence-corrected chi connectivity index (χ1v) is 5.70. The minimum Gasteiger partial charge on any atom is -0.492 e. The molecule has 0 radical (unpaired) electrons. The van der Waals surface area contributed by atoms with Crippen molar-refractivity contribution in [1.82, 2.24) is 4.90 Å². The fourth-order valence-corrected chi connectivity index (χ4v) is 2.08. The lowest BCUT2D eigenvalue weighted by Gasteiger charge is -2.44. The molecule has 88 valence electrons. The Morgan fingerprint density at radius 2 is 2.06 bits per heavy atom. The third-order valence-electron chi connectivity index (χ3n) is 2.89. The monoisotopic (exact) mass is 221 g/mol. The Balaban J connectivity index is 1.71. The van der Waals surface area contributed by atoms with Crippen LogP contribution in [0.4, 0.5) is 0 Å². The van der Waals surface area contributed by atoms with Crippen molar-refractivity contribution in [3.8, 4) is 5.75 Å². The van der Waals surface area contributed by atoms with E-state index in [0.717, 1.165) is 30.9 Å². The van der Waals surface area contributed by atoms with Gasteiger partial charge in [0.05, 0.1) is 5.60 Å². The second-order valence-electron chi connectivity index (χ2n) is 4.82. The van der Waals surface area contributed by atoms with Crippen LogP contribution in [-0.4, -0.2) is 41.8 Å². The zero-order valence-electron chi connectivity index (χ0n) is 9.94. The largest absolute Gasteiger partial charge is 0.492 e. The minimum absolute atomic E-state index is 0.483. The Morgan fingerprint density at radius 3 is 2.69 bits per heavy atom. The van der Waals surface area contributed by atoms with E-state index in [1.54, 1.807) is 0 Å². The Morgan fingerprint density at radius 1 is 1.38 bits per heavy atom. The Hall–Kier alpha value is -1.06. The van der Waals surface area contributed by atoms with Crippen molar-refractivity contribution in [1.29, 1.82) is 0 Å². The molecular weight excluding hydrogens is 202 g/mol. The molecular formula is C13H19NO2. The maximum atomic E-state index is 9.56. The van der Waals surface area contributed by atoms with Crippen molar-refractivity contribution in [2.75, 3.05) is 26.2 Å². The maximum absolute atomic E-state index is 9.56. The van der Waals surface area contributed by atoms with E-state index >= 15 is 0 Å². The second kappa shape index (κ2) is 4.44. The Kier molecular flexibility index (Phi) is 3.17. The number of β-amino-alcohol motifs (C(OH)–C–C–N with tert-alkyl or cyclic N) is 1. The number of hydrogen-bond donors (Lipinski definition) is 1. The number of rotatable bonds is 4. The molecule has 0 saturated carbocycles. The summed E-state index contributed by atoms with van der Waals surface area (Å²) >= 11 is 0. The summed E-state index contributed by atoms with van der Waals surface area (Å²) in [5.74, 6) is 0.954. The van der Waals surface area contributed by atoms with Crippen molar-refractivity contribution < 1.29 is 9.84 Å². The average molecular weight is 221 g/mol. The number of benzene rings is 1. The van der Waals surface area contributed by atoms with Gasteiger partial charge in [-0.1, -0.05) is 18.2 Å². The lowest BCUT2D eigenvalue weighted by molar-refractivity contribution is -0.0859. The molecule has 1 fully saturated rings. The lowest BCUT2D eigenvalue weighted by atomic mass is 9.97. The molecule has 1 N–H and O–H groups in total. The molecule has 1 aromatic rings. The fourth-order valence-electron chi connectivity index (χ4n) is 2.08. The van der Waals surface area contributed by atoms with Crippen LogP contribution in [0.3, 0.4) is 0 Å². The van der Waals surface area contributed by atoms with Crippen molar-refractivity contribution in [3.63, 3.8) is 0 Å². The normalized spacial score (nSPS) is 19.2. The molecule has 0 spiro atoms. The molecule has 1 aliphatic heterocycles. The van der Waals surface area contributed by atoms with Crippen LogP contribution in [0.1, 0.15) is 12.5 Å². The number of para-hydroxylation sites is 1. The van der Waals surface area contributed by atoms with Gasteiger partial charge in [-0.2, -0.15) is 0 Å². The van der Waals surface area contributed by atoms with Gasteiger partial charge in [0.15, 0.2) is 0 Å². The molecule has 1 heterocycles. The number of hydrogen-bond acceptors (Lipinski definition) is 3. The molecule has 3 heteroatoms. The van der Waals surface area contributed by atoms with Gasteiger partial charge >= 0.3 is 0 Å². The van der Waals surface area contributed by atoms with Crippen LogP contribution in [0.2, 0.25) is 0 Å². The fraction of sp³-hybridized carbons (Fsp3) is 0.538. The highest BCUT2D eigenvalue weighted by Crippen LogP contribution is 2.20. The van der Waals surface area contributed by atoms with Crippen molar-refractivity contribution in [2.45, 2.75) is 19.4 Å². The summed E-state index contributed by atoms with van der Waals surface area (Å²) in [4.78, 5) is 2.19. The molecule has 1 aromatic carbocycles. The van der Waals surface area contributed by atoms with Gasteiger partial charge in [0.25, 0.3) is 0 Å². The standard InChI is InChI=1S/C13H19NO2/c1-11-5-3-4-6-12(11)16-8-7-14-9-13(2,15)10-14/h3-6,15H,7-10H2,1-2H3. The number of aliphatic hydroxyl groups is 1. The maximum Gasteiger partial charge on any atom is 0.122 e. The van der Waals surface area contributed by atoms with Crippen LogP contribution in [0.25, 0.3) is 0 Å². The molecule has 0 aliphatic carbocycles. The van der Waals surface area contributed by atoms with E-state index in [-0.39, 0.29) is 0 Å². The first-order chi connectivity index (χ1) is 7.57. The lowest BCUT2D eigenvalue weighted by Crippen LogP contribution is -2.60. The zero-order valence-corrected chi connectivity index (χ0v) is 9.94. The smallest absolute Gasteiger partial charge is 0.122 e. The molecule has 0 bridgehead atoms. The zero-order chi connectivity index (χ0) is 11.6. The van der Waals surface area contributed by atoms with Crippen LogP contribution in [-0.2, 0) is 0 Å². The van der Waals surface area contributed by atoms with Crippen molar-refractivity contribution >= 4 is 0 Å². The molecule has 0 unspecified atom stereocenters. The second-order valence-corrected chi connectivity index (χ2v) is 4.82. The van der Waals surface area contributed by atoms with Gasteiger partial charge in [0.1, 0.15) is 12.4 Å². The van der Waals surface area contributed by atoms with Crippen LogP contribution in [0.15, 0.2) is 24.3 Å². The van der Waals surface area contributed by atoms with Crippen molar-refractivity contribution in [3.05, 3.63) is 29.8 Å². The molecule has 1 saturated heterocycles. The highest BCUT2D eigenvalue weighted by Gasteiger charge is 2.35. The SMILES string of the molecule is Cc1ccccc1OCCN1CC(C)(O)C1. The number of nitrogens with zero attached hydrogens (tertiary/aromatic N) is 1. The summed E-state index contributed by atoms with van der Waals surface area (Å²) in [7, 11) is 0. The molecule has 16 heavy (non-hydrogen) atoms. The number of ether oxygens (including phenoxy) is 1. The quantitative estimate of drug-likeness (QED) is 0.835. The van der Waals surface area contributed by atoms with Gasteiger partial charge < -0.3 is 9.84 Å². The van der Waals surface area contributed by atoms with Gasteiger partial charge in [-0.15, -0.1) is 0 Å². The number of likely N-dealkylation sites (tertiary alicyclic amines) is 1. The molecule has 0 aromatic heterocycles. The highest BCUT2D eigenvalue weighted by atomic mass is 16.5. The molecule has 1 aliphatic rings. The average Bonchev–Trinajstić information content (AvgIpc) is 2.18.